The molecule has 1 atom stereocenters. The van der Waals surface area contributed by atoms with Gasteiger partial charge in [0.25, 0.3) is 5.56 Å². The predicted molar refractivity (Wildman–Crippen MR) is 122 cm³/mol. The Morgan fingerprint density at radius 2 is 2.03 bits per heavy atom. The number of likely N-dealkylation sites (N-methyl/N-ethyl adjacent to an activating group) is 1. The Balaban J connectivity index is 1.65. The SMILES string of the molecule is CCc1ccccc1NC(=O)CN(C)C(=O)C(C)Sc1nc2sccc2c(=O)n1C. The maximum absolute atomic E-state index is 12.8. The molecule has 9 heteroatoms. The number of aromatic nitrogens is 2. The third-order valence-corrected chi connectivity index (χ3v) is 6.66. The summed E-state index contributed by atoms with van der Waals surface area (Å²) in [5, 5.41) is 5.25. The summed E-state index contributed by atoms with van der Waals surface area (Å²) in [5.74, 6) is -0.464. The zero-order valence-corrected chi connectivity index (χ0v) is 19.0. The van der Waals surface area contributed by atoms with Gasteiger partial charge in [-0.2, -0.15) is 0 Å². The lowest BCUT2D eigenvalue weighted by Crippen LogP contribution is -2.39. The molecule has 2 aromatic heterocycles. The predicted octanol–water partition coefficient (Wildman–Crippen LogP) is 3.14. The molecule has 3 aromatic rings. The molecule has 1 N–H and O–H groups in total. The van der Waals surface area contributed by atoms with Crippen molar-refractivity contribution in [3.05, 3.63) is 51.6 Å². The van der Waals surface area contributed by atoms with Gasteiger partial charge in [-0.15, -0.1) is 11.3 Å². The van der Waals surface area contributed by atoms with Gasteiger partial charge in [0.05, 0.1) is 17.2 Å². The summed E-state index contributed by atoms with van der Waals surface area (Å²) in [4.78, 5) is 44.2. The number of thiophene rings is 1. The van der Waals surface area contributed by atoms with E-state index in [4.69, 9.17) is 0 Å². The quantitative estimate of drug-likeness (QED) is 0.447. The molecule has 0 spiro atoms. The molecule has 30 heavy (non-hydrogen) atoms. The molecular formula is C21H24N4O3S2. The number of rotatable bonds is 7. The van der Waals surface area contributed by atoms with Crippen molar-refractivity contribution >= 4 is 50.8 Å². The highest BCUT2D eigenvalue weighted by atomic mass is 32.2. The highest BCUT2D eigenvalue weighted by Crippen LogP contribution is 2.24. The Morgan fingerprint density at radius 3 is 2.77 bits per heavy atom. The fourth-order valence-corrected chi connectivity index (χ4v) is 4.83. The molecule has 0 aliphatic heterocycles. The van der Waals surface area contributed by atoms with Crippen molar-refractivity contribution in [3.63, 3.8) is 0 Å². The van der Waals surface area contributed by atoms with Gasteiger partial charge >= 0.3 is 0 Å². The van der Waals surface area contributed by atoms with Crippen molar-refractivity contribution in [2.75, 3.05) is 18.9 Å². The van der Waals surface area contributed by atoms with Crippen molar-refractivity contribution in [3.8, 4) is 0 Å². The Kier molecular flexibility index (Phi) is 6.94. The number of aryl methyl sites for hydroxylation is 1. The van der Waals surface area contributed by atoms with Crippen LogP contribution in [-0.2, 0) is 23.1 Å². The number of fused-ring (bicyclic) bond motifs is 1. The summed E-state index contributed by atoms with van der Waals surface area (Å²) in [6, 6.07) is 9.36. The Hall–Kier alpha value is -2.65. The Bertz CT molecular complexity index is 1140. The van der Waals surface area contributed by atoms with E-state index in [-0.39, 0.29) is 23.9 Å². The number of carbonyl (C=O) groups is 2. The van der Waals surface area contributed by atoms with E-state index in [1.54, 1.807) is 27.1 Å². The van der Waals surface area contributed by atoms with Crippen molar-refractivity contribution < 1.29 is 9.59 Å². The van der Waals surface area contributed by atoms with Gasteiger partial charge < -0.3 is 10.2 Å². The number of anilines is 1. The fourth-order valence-electron chi connectivity index (χ4n) is 3.04. The highest BCUT2D eigenvalue weighted by molar-refractivity contribution is 8.00. The maximum Gasteiger partial charge on any atom is 0.262 e. The molecule has 1 aromatic carbocycles. The van der Waals surface area contributed by atoms with E-state index < -0.39 is 5.25 Å². The fraction of sp³-hybridized carbons (Fsp3) is 0.333. The first-order chi connectivity index (χ1) is 14.3. The molecule has 158 valence electrons. The maximum atomic E-state index is 12.8. The van der Waals surface area contributed by atoms with Gasteiger partial charge in [0.15, 0.2) is 5.16 Å². The minimum Gasteiger partial charge on any atom is -0.335 e. The Labute approximate surface area is 183 Å². The van der Waals surface area contributed by atoms with E-state index in [0.717, 1.165) is 17.7 Å². The van der Waals surface area contributed by atoms with Crippen LogP contribution in [0.5, 0.6) is 0 Å². The third kappa shape index (κ3) is 4.73. The molecule has 0 fully saturated rings. The zero-order valence-electron chi connectivity index (χ0n) is 17.3. The first-order valence-electron chi connectivity index (χ1n) is 9.55. The monoisotopic (exact) mass is 444 g/mol. The van der Waals surface area contributed by atoms with Crippen LogP contribution in [0, 0.1) is 0 Å². The van der Waals surface area contributed by atoms with Crippen LogP contribution in [0.25, 0.3) is 10.2 Å². The first-order valence-corrected chi connectivity index (χ1v) is 11.3. The third-order valence-electron chi connectivity index (χ3n) is 4.72. The zero-order chi connectivity index (χ0) is 21.8. The van der Waals surface area contributed by atoms with Crippen LogP contribution in [0.2, 0.25) is 0 Å². The van der Waals surface area contributed by atoms with Gasteiger partial charge in [0.1, 0.15) is 4.83 Å². The lowest BCUT2D eigenvalue weighted by Gasteiger charge is -2.21. The molecule has 2 heterocycles. The average molecular weight is 445 g/mol. The van der Waals surface area contributed by atoms with Crippen LogP contribution < -0.4 is 10.9 Å². The van der Waals surface area contributed by atoms with Crippen LogP contribution in [0.15, 0.2) is 45.7 Å². The summed E-state index contributed by atoms with van der Waals surface area (Å²) in [7, 11) is 3.24. The minimum absolute atomic E-state index is 0.0574. The summed E-state index contributed by atoms with van der Waals surface area (Å²) >= 11 is 2.60. The van der Waals surface area contributed by atoms with Gasteiger partial charge in [-0.05, 0) is 36.4 Å². The normalized spacial score (nSPS) is 12.0. The van der Waals surface area contributed by atoms with Crippen LogP contribution >= 0.6 is 23.1 Å². The summed E-state index contributed by atoms with van der Waals surface area (Å²) in [6.07, 6.45) is 0.805. The number of nitrogens with one attached hydrogen (secondary N) is 1. The topological polar surface area (TPSA) is 84.3 Å². The number of para-hydroxylation sites is 1. The van der Waals surface area contributed by atoms with Crippen LogP contribution in [0.4, 0.5) is 5.69 Å². The van der Waals surface area contributed by atoms with Crippen LogP contribution in [-0.4, -0.2) is 45.1 Å². The van der Waals surface area contributed by atoms with E-state index in [1.165, 1.54) is 32.6 Å². The lowest BCUT2D eigenvalue weighted by molar-refractivity contribution is -0.132. The van der Waals surface area contributed by atoms with Crippen molar-refractivity contribution in [1.82, 2.24) is 14.5 Å². The van der Waals surface area contributed by atoms with Crippen molar-refractivity contribution in [1.29, 1.82) is 0 Å². The van der Waals surface area contributed by atoms with E-state index in [0.29, 0.717) is 15.4 Å². The minimum atomic E-state index is -0.499. The molecule has 0 aliphatic carbocycles. The van der Waals surface area contributed by atoms with Crippen LogP contribution in [0.3, 0.4) is 0 Å². The van der Waals surface area contributed by atoms with E-state index in [2.05, 4.69) is 10.3 Å². The molecule has 0 bridgehead atoms. The first kappa shape index (κ1) is 22.0. The van der Waals surface area contributed by atoms with Gasteiger partial charge in [-0.1, -0.05) is 36.9 Å². The number of hydrogen-bond acceptors (Lipinski definition) is 6. The van der Waals surface area contributed by atoms with E-state index >= 15 is 0 Å². The second-order valence-corrected chi connectivity index (χ2v) is 9.11. The van der Waals surface area contributed by atoms with Crippen molar-refractivity contribution in [2.24, 2.45) is 7.05 Å². The molecule has 1 unspecified atom stereocenters. The second-order valence-electron chi connectivity index (χ2n) is 6.91. The highest BCUT2D eigenvalue weighted by Gasteiger charge is 2.23. The number of amides is 2. The van der Waals surface area contributed by atoms with Gasteiger partial charge in [0.2, 0.25) is 11.8 Å². The van der Waals surface area contributed by atoms with E-state index in [1.807, 2.05) is 36.6 Å². The summed E-state index contributed by atoms with van der Waals surface area (Å²) < 4.78 is 1.46. The Morgan fingerprint density at radius 1 is 1.30 bits per heavy atom. The summed E-state index contributed by atoms with van der Waals surface area (Å²) in [6.45, 7) is 3.71. The second kappa shape index (κ2) is 9.44. The van der Waals surface area contributed by atoms with Gasteiger partial charge in [-0.25, -0.2) is 4.98 Å². The largest absolute Gasteiger partial charge is 0.335 e. The molecule has 3 rings (SSSR count). The molecule has 7 nitrogen and oxygen atoms in total. The van der Waals surface area contributed by atoms with E-state index in [9.17, 15) is 14.4 Å². The number of benzene rings is 1. The molecule has 0 saturated heterocycles. The van der Waals surface area contributed by atoms with Crippen molar-refractivity contribution in [2.45, 2.75) is 30.7 Å². The number of thioether (sulfide) groups is 1. The molecule has 0 saturated carbocycles. The van der Waals surface area contributed by atoms with Gasteiger partial charge in [0, 0.05) is 19.8 Å². The smallest absolute Gasteiger partial charge is 0.262 e. The molecular weight excluding hydrogens is 420 g/mol. The standard InChI is InChI=1S/C21H24N4O3S2/c1-5-14-8-6-7-9-16(14)22-17(26)12-24(3)19(27)13(2)30-21-23-18-15(10-11-29-18)20(28)25(21)4/h6-11,13H,5,12H2,1-4H3,(H,22,26). The number of carbonyl (C=O) groups excluding carboxylic acids is 2. The molecule has 0 radical (unpaired) electrons. The number of nitrogens with zero attached hydrogens (tertiary/aromatic N) is 3. The molecule has 0 aliphatic rings. The summed E-state index contributed by atoms with van der Waals surface area (Å²) in [5.41, 5.74) is 1.67. The lowest BCUT2D eigenvalue weighted by atomic mass is 10.1. The van der Waals surface area contributed by atoms with Gasteiger partial charge in [-0.3, -0.25) is 19.0 Å². The number of hydrogen-bond donors (Lipinski definition) is 1. The molecule has 2 amide bonds. The van der Waals surface area contributed by atoms with Crippen LogP contribution in [0.1, 0.15) is 19.4 Å². The average Bonchev–Trinajstić information content (AvgIpc) is 3.20.